The van der Waals surface area contributed by atoms with Crippen LogP contribution in [0.15, 0.2) is 12.7 Å². The maximum absolute atomic E-state index is 12.3. The molecular formula is C24H34N6O6. The van der Waals surface area contributed by atoms with Crippen molar-refractivity contribution in [3.05, 3.63) is 12.7 Å². The number of hydrogen-bond acceptors (Lipinski definition) is 11. The molecule has 0 aromatic carbocycles. The third-order valence-electron chi connectivity index (χ3n) is 8.71. The van der Waals surface area contributed by atoms with Gasteiger partial charge in [0.2, 0.25) is 0 Å². The van der Waals surface area contributed by atoms with E-state index in [-0.39, 0.29) is 18.4 Å². The zero-order valence-corrected chi connectivity index (χ0v) is 20.8. The van der Waals surface area contributed by atoms with E-state index in [0.717, 1.165) is 12.8 Å². The number of aromatic nitrogens is 4. The van der Waals surface area contributed by atoms with E-state index in [0.29, 0.717) is 36.2 Å². The lowest BCUT2D eigenvalue weighted by Crippen LogP contribution is -2.68. The van der Waals surface area contributed by atoms with Gasteiger partial charge in [0.25, 0.3) is 0 Å². The van der Waals surface area contributed by atoms with Crippen molar-refractivity contribution in [3.63, 3.8) is 0 Å². The first-order valence-corrected chi connectivity index (χ1v) is 12.6. The van der Waals surface area contributed by atoms with Gasteiger partial charge in [-0.05, 0) is 44.9 Å². The quantitative estimate of drug-likeness (QED) is 0.463. The van der Waals surface area contributed by atoms with Crippen molar-refractivity contribution in [2.45, 2.75) is 101 Å². The Morgan fingerprint density at radius 3 is 2.75 bits per heavy atom. The van der Waals surface area contributed by atoms with Crippen LogP contribution in [0, 0.1) is 5.41 Å². The number of nitrogens with one attached hydrogen (secondary N) is 1. The third-order valence-corrected chi connectivity index (χ3v) is 8.71. The minimum Gasteiger partial charge on any atom is -0.394 e. The number of ketones is 1. The lowest BCUT2D eigenvalue weighted by Gasteiger charge is -2.55. The molecule has 2 aromatic heterocycles. The number of aliphatic hydroxyl groups excluding tert-OH is 1. The number of anilines is 1. The Labute approximate surface area is 208 Å². The summed E-state index contributed by atoms with van der Waals surface area (Å²) in [7, 11) is 0. The van der Waals surface area contributed by atoms with Gasteiger partial charge in [0.05, 0.1) is 24.6 Å². The van der Waals surface area contributed by atoms with Crippen molar-refractivity contribution >= 4 is 22.8 Å². The maximum Gasteiger partial charge on any atom is 0.167 e. The van der Waals surface area contributed by atoms with E-state index in [2.05, 4.69) is 20.3 Å². The molecule has 12 nitrogen and oxygen atoms in total. The number of rotatable bonds is 4. The summed E-state index contributed by atoms with van der Waals surface area (Å²) in [5.74, 6) is -0.347. The van der Waals surface area contributed by atoms with Crippen LogP contribution in [0.1, 0.15) is 59.1 Å². The molecule has 2 aliphatic heterocycles. The molecule has 0 bridgehead atoms. The molecule has 5 N–H and O–H groups in total. The van der Waals surface area contributed by atoms with Crippen LogP contribution in [0.5, 0.6) is 0 Å². The number of aliphatic hydroxyl groups is 2. The molecule has 6 rings (SSSR count). The molecule has 12 heteroatoms. The van der Waals surface area contributed by atoms with Crippen LogP contribution >= 0.6 is 0 Å². The van der Waals surface area contributed by atoms with Crippen molar-refractivity contribution in [1.29, 1.82) is 0 Å². The van der Waals surface area contributed by atoms with E-state index in [1.807, 2.05) is 20.8 Å². The second kappa shape index (κ2) is 8.14. The van der Waals surface area contributed by atoms with Crippen molar-refractivity contribution in [3.8, 4) is 0 Å². The first kappa shape index (κ1) is 24.1. The second-order valence-electron chi connectivity index (χ2n) is 11.4. The fraction of sp³-hybridized carbons (Fsp3) is 0.750. The summed E-state index contributed by atoms with van der Waals surface area (Å²) in [6, 6.07) is -1.03. The normalized spacial score (nSPS) is 41.9. The number of ether oxygens (including phenoxy) is 3. The van der Waals surface area contributed by atoms with Crippen LogP contribution in [-0.2, 0) is 19.0 Å². The van der Waals surface area contributed by atoms with E-state index < -0.39 is 47.4 Å². The highest BCUT2D eigenvalue weighted by Crippen LogP contribution is 2.52. The van der Waals surface area contributed by atoms with Crippen LogP contribution in [0.2, 0.25) is 0 Å². The zero-order chi connectivity index (χ0) is 25.5. The molecule has 2 unspecified atom stereocenters. The number of carbonyl (C=O) groups is 1. The molecule has 0 radical (unpaired) electrons. The number of imidazole rings is 1. The number of carbonyl (C=O) groups excluding carboxylic acids is 1. The van der Waals surface area contributed by atoms with Gasteiger partial charge in [-0.1, -0.05) is 6.92 Å². The van der Waals surface area contributed by atoms with Crippen molar-refractivity contribution < 1.29 is 29.2 Å². The zero-order valence-electron chi connectivity index (χ0n) is 20.8. The topological polar surface area (TPSA) is 167 Å². The van der Waals surface area contributed by atoms with Crippen LogP contribution < -0.4 is 11.1 Å². The van der Waals surface area contributed by atoms with Gasteiger partial charge in [0.15, 0.2) is 34.8 Å². The molecule has 8 atom stereocenters. The van der Waals surface area contributed by atoms with Crippen molar-refractivity contribution in [1.82, 2.24) is 19.5 Å². The Hall–Kier alpha value is -2.22. The minimum absolute atomic E-state index is 0.0869. The average molecular weight is 503 g/mol. The highest BCUT2D eigenvalue weighted by molar-refractivity contribution is 5.86. The number of nitrogens with two attached hydrogens (primary N) is 1. The Morgan fingerprint density at radius 2 is 1.97 bits per heavy atom. The molecule has 4 fully saturated rings. The Morgan fingerprint density at radius 1 is 1.19 bits per heavy atom. The van der Waals surface area contributed by atoms with Gasteiger partial charge >= 0.3 is 0 Å². The van der Waals surface area contributed by atoms with Gasteiger partial charge in [0, 0.05) is 12.5 Å². The largest absolute Gasteiger partial charge is 0.394 e. The molecule has 2 saturated heterocycles. The number of hydrogen-bond donors (Lipinski definition) is 4. The molecule has 0 amide bonds. The van der Waals surface area contributed by atoms with Gasteiger partial charge in [-0.2, -0.15) is 0 Å². The van der Waals surface area contributed by atoms with E-state index in [1.54, 1.807) is 10.9 Å². The second-order valence-corrected chi connectivity index (χ2v) is 11.4. The molecule has 4 aliphatic rings. The lowest BCUT2D eigenvalue weighted by molar-refractivity contribution is -0.199. The van der Waals surface area contributed by atoms with E-state index in [1.165, 1.54) is 6.33 Å². The molecule has 36 heavy (non-hydrogen) atoms. The van der Waals surface area contributed by atoms with Crippen LogP contribution in [0.3, 0.4) is 0 Å². The molecule has 0 spiro atoms. The summed E-state index contributed by atoms with van der Waals surface area (Å²) in [4.78, 5) is 25.8. The monoisotopic (exact) mass is 502 g/mol. The maximum atomic E-state index is 12.3. The summed E-state index contributed by atoms with van der Waals surface area (Å²) >= 11 is 0. The molecule has 4 heterocycles. The predicted molar refractivity (Wildman–Crippen MR) is 127 cm³/mol. The van der Waals surface area contributed by atoms with Gasteiger partial charge in [-0.3, -0.25) is 9.36 Å². The van der Waals surface area contributed by atoms with Gasteiger partial charge in [-0.15, -0.1) is 0 Å². The summed E-state index contributed by atoms with van der Waals surface area (Å²) in [5.41, 5.74) is 5.66. The van der Waals surface area contributed by atoms with Crippen molar-refractivity contribution in [2.75, 3.05) is 11.9 Å². The average Bonchev–Trinajstić information content (AvgIpc) is 3.49. The smallest absolute Gasteiger partial charge is 0.167 e. The summed E-state index contributed by atoms with van der Waals surface area (Å²) in [5, 5.41) is 24.8. The Kier molecular flexibility index (Phi) is 5.46. The summed E-state index contributed by atoms with van der Waals surface area (Å²) in [6.45, 7) is 5.51. The van der Waals surface area contributed by atoms with Crippen LogP contribution in [0.25, 0.3) is 11.2 Å². The highest BCUT2D eigenvalue weighted by Gasteiger charge is 2.59. The van der Waals surface area contributed by atoms with Crippen LogP contribution in [-0.4, -0.2) is 83.9 Å². The summed E-state index contributed by atoms with van der Waals surface area (Å²) in [6.07, 6.45) is 4.08. The fourth-order valence-corrected chi connectivity index (χ4v) is 6.59. The van der Waals surface area contributed by atoms with Crippen molar-refractivity contribution in [2.24, 2.45) is 11.1 Å². The SMILES string of the molecule is CC1(C)OC2C(O1)[C@@H](CO)O[C@H]2n1cnc2c(N[C@@H]3CC[C@]4(C)CCC(=O)[C@H](N)[C@]4(O)C3)ncnc21. The minimum atomic E-state index is -1.28. The van der Waals surface area contributed by atoms with Gasteiger partial charge < -0.3 is 35.5 Å². The molecule has 2 aromatic rings. The molecule has 196 valence electrons. The standard InChI is InChI=1S/C24H34N6O6/c1-22(2)35-16-14(9-31)34-21(17(16)36-22)30-11-28-15-19(26-10-27-20(15)30)29-12-4-6-23(3)7-5-13(32)18(25)24(23,33)8-12/h10-12,14,16-18,21,31,33H,4-9,25H2,1-3H3,(H,26,27,29)/t12-,14-,16?,17?,18+,21-,23-,24-/m1/s1. The Balaban J connectivity index is 1.27. The Bertz CT molecular complexity index is 1190. The molecular weight excluding hydrogens is 468 g/mol. The van der Waals surface area contributed by atoms with Crippen LogP contribution in [0.4, 0.5) is 5.82 Å². The molecule has 2 saturated carbocycles. The van der Waals surface area contributed by atoms with Gasteiger partial charge in [0.1, 0.15) is 24.6 Å². The van der Waals surface area contributed by atoms with E-state index >= 15 is 0 Å². The first-order chi connectivity index (χ1) is 17.1. The number of Topliss-reactive ketones (excluding diaryl/α,β-unsaturated/α-hetero) is 1. The number of nitrogens with zero attached hydrogens (tertiary/aromatic N) is 4. The van der Waals surface area contributed by atoms with E-state index in [9.17, 15) is 15.0 Å². The predicted octanol–water partition coefficient (Wildman–Crippen LogP) is 0.628. The molecule has 2 aliphatic carbocycles. The summed E-state index contributed by atoms with van der Waals surface area (Å²) < 4.78 is 19.9. The lowest BCUT2D eigenvalue weighted by atomic mass is 9.54. The third kappa shape index (κ3) is 3.50. The number of fused-ring (bicyclic) bond motifs is 3. The van der Waals surface area contributed by atoms with E-state index in [4.69, 9.17) is 19.9 Å². The highest BCUT2D eigenvalue weighted by atomic mass is 16.8. The first-order valence-electron chi connectivity index (χ1n) is 12.6. The fourth-order valence-electron chi connectivity index (χ4n) is 6.59. The van der Waals surface area contributed by atoms with Gasteiger partial charge in [-0.25, -0.2) is 15.0 Å².